The Morgan fingerprint density at radius 1 is 1.33 bits per heavy atom. The maximum atomic E-state index is 12.5. The molecule has 1 atom stereocenters. The van der Waals surface area contributed by atoms with Gasteiger partial charge in [-0.05, 0) is 43.0 Å². The van der Waals surface area contributed by atoms with Gasteiger partial charge in [0.1, 0.15) is 0 Å². The zero-order valence-corrected chi connectivity index (χ0v) is 12.2. The molecule has 2 heterocycles. The number of aliphatic hydroxyl groups is 1. The highest BCUT2D eigenvalue weighted by Crippen LogP contribution is 2.28. The van der Waals surface area contributed by atoms with Crippen LogP contribution in [0.15, 0.2) is 18.2 Å². The lowest BCUT2D eigenvalue weighted by molar-refractivity contribution is -0.118. The van der Waals surface area contributed by atoms with Crippen molar-refractivity contribution in [2.24, 2.45) is 0 Å². The predicted octanol–water partition coefficient (Wildman–Crippen LogP) is 1.19. The number of carbonyl (C=O) groups excluding carboxylic acids is 2. The Kier molecular flexibility index (Phi) is 3.68. The van der Waals surface area contributed by atoms with Crippen LogP contribution in [0.25, 0.3) is 0 Å². The summed E-state index contributed by atoms with van der Waals surface area (Å²) < 4.78 is 0. The molecule has 1 saturated heterocycles. The Hall–Kier alpha value is -1.88. The molecule has 2 aliphatic heterocycles. The molecule has 0 aromatic heterocycles. The van der Waals surface area contributed by atoms with E-state index in [1.807, 2.05) is 12.1 Å². The normalized spacial score (nSPS) is 22.2. The van der Waals surface area contributed by atoms with Crippen LogP contribution in [0, 0.1) is 0 Å². The lowest BCUT2D eigenvalue weighted by Crippen LogP contribution is -2.42. The SMILES string of the molecule is CN1C(=O)CCc2cc(C(=O)N3CCCC(O)C3)ccc21. The first-order valence-electron chi connectivity index (χ1n) is 7.43. The third-order valence-corrected chi connectivity index (χ3v) is 4.35. The van der Waals surface area contributed by atoms with Gasteiger partial charge in [0.15, 0.2) is 0 Å². The van der Waals surface area contributed by atoms with Crippen LogP contribution in [0.4, 0.5) is 5.69 Å². The van der Waals surface area contributed by atoms with Gasteiger partial charge in [0.05, 0.1) is 6.10 Å². The predicted molar refractivity (Wildman–Crippen MR) is 79.3 cm³/mol. The number of nitrogens with zero attached hydrogens (tertiary/aromatic N) is 2. The average molecular weight is 288 g/mol. The van der Waals surface area contributed by atoms with Gasteiger partial charge in [-0.3, -0.25) is 9.59 Å². The van der Waals surface area contributed by atoms with E-state index in [-0.39, 0.29) is 11.8 Å². The second-order valence-corrected chi connectivity index (χ2v) is 5.84. The summed E-state index contributed by atoms with van der Waals surface area (Å²) in [5.74, 6) is 0.0804. The molecule has 1 aromatic rings. The highest BCUT2D eigenvalue weighted by Gasteiger charge is 2.25. The minimum atomic E-state index is -0.413. The van der Waals surface area contributed by atoms with Gasteiger partial charge in [-0.2, -0.15) is 0 Å². The van der Waals surface area contributed by atoms with Gasteiger partial charge in [0, 0.05) is 37.8 Å². The number of piperidine rings is 1. The molecule has 21 heavy (non-hydrogen) atoms. The van der Waals surface area contributed by atoms with Crippen LogP contribution in [0.2, 0.25) is 0 Å². The van der Waals surface area contributed by atoms with E-state index in [4.69, 9.17) is 0 Å². The summed E-state index contributed by atoms with van der Waals surface area (Å²) in [6, 6.07) is 5.51. The Balaban J connectivity index is 1.83. The van der Waals surface area contributed by atoms with E-state index in [2.05, 4.69) is 0 Å². The summed E-state index contributed by atoms with van der Waals surface area (Å²) in [4.78, 5) is 27.6. The minimum Gasteiger partial charge on any atom is -0.391 e. The third kappa shape index (κ3) is 2.65. The van der Waals surface area contributed by atoms with Gasteiger partial charge < -0.3 is 14.9 Å². The molecule has 0 radical (unpaired) electrons. The van der Waals surface area contributed by atoms with Gasteiger partial charge >= 0.3 is 0 Å². The number of aliphatic hydroxyl groups excluding tert-OH is 1. The quantitative estimate of drug-likeness (QED) is 0.844. The number of amides is 2. The van der Waals surface area contributed by atoms with Crippen LogP contribution in [0.1, 0.15) is 35.2 Å². The molecule has 0 spiro atoms. The largest absolute Gasteiger partial charge is 0.391 e. The van der Waals surface area contributed by atoms with Crippen LogP contribution in [0.5, 0.6) is 0 Å². The molecule has 1 N–H and O–H groups in total. The summed E-state index contributed by atoms with van der Waals surface area (Å²) >= 11 is 0. The van der Waals surface area contributed by atoms with Gasteiger partial charge in [-0.25, -0.2) is 0 Å². The molecule has 3 rings (SSSR count). The molecule has 0 bridgehead atoms. The summed E-state index contributed by atoms with van der Waals surface area (Å²) in [7, 11) is 1.77. The van der Waals surface area contributed by atoms with Gasteiger partial charge in [0.25, 0.3) is 5.91 Å². The molecule has 5 heteroatoms. The number of rotatable bonds is 1. The standard InChI is InChI=1S/C16H20N2O3/c1-17-14-6-4-12(9-11(14)5-7-15(17)20)16(21)18-8-2-3-13(19)10-18/h4,6,9,13,19H,2-3,5,7-8,10H2,1H3. The van der Waals surface area contributed by atoms with Gasteiger partial charge in [-0.15, -0.1) is 0 Å². The zero-order valence-electron chi connectivity index (χ0n) is 12.2. The van der Waals surface area contributed by atoms with Crippen molar-refractivity contribution in [2.75, 3.05) is 25.0 Å². The van der Waals surface area contributed by atoms with Gasteiger partial charge in [0.2, 0.25) is 5.91 Å². The topological polar surface area (TPSA) is 60.9 Å². The first-order valence-corrected chi connectivity index (χ1v) is 7.43. The lowest BCUT2D eigenvalue weighted by atomic mass is 9.98. The van der Waals surface area contributed by atoms with Gasteiger partial charge in [-0.1, -0.05) is 0 Å². The second-order valence-electron chi connectivity index (χ2n) is 5.84. The fourth-order valence-electron chi connectivity index (χ4n) is 3.11. The second kappa shape index (κ2) is 5.48. The van der Waals surface area contributed by atoms with Crippen molar-refractivity contribution in [3.8, 4) is 0 Å². The van der Waals surface area contributed by atoms with E-state index in [0.717, 1.165) is 24.1 Å². The van der Waals surface area contributed by atoms with Crippen LogP contribution in [-0.4, -0.2) is 48.1 Å². The number of hydrogen-bond acceptors (Lipinski definition) is 3. The van der Waals surface area contributed by atoms with E-state index in [9.17, 15) is 14.7 Å². The van der Waals surface area contributed by atoms with E-state index >= 15 is 0 Å². The van der Waals surface area contributed by atoms with E-state index < -0.39 is 6.10 Å². The maximum absolute atomic E-state index is 12.5. The zero-order chi connectivity index (χ0) is 15.0. The van der Waals surface area contributed by atoms with Crippen LogP contribution >= 0.6 is 0 Å². The first kappa shape index (κ1) is 14.1. The molecule has 0 aliphatic carbocycles. The summed E-state index contributed by atoms with van der Waals surface area (Å²) in [6.45, 7) is 1.11. The number of carbonyl (C=O) groups is 2. The fourth-order valence-corrected chi connectivity index (χ4v) is 3.11. The van der Waals surface area contributed by atoms with E-state index in [1.54, 1.807) is 22.9 Å². The van der Waals surface area contributed by atoms with Crippen LogP contribution in [-0.2, 0) is 11.2 Å². The van der Waals surface area contributed by atoms with Crippen molar-refractivity contribution in [2.45, 2.75) is 31.8 Å². The fraction of sp³-hybridized carbons (Fsp3) is 0.500. The highest BCUT2D eigenvalue weighted by atomic mass is 16.3. The Morgan fingerprint density at radius 3 is 2.90 bits per heavy atom. The monoisotopic (exact) mass is 288 g/mol. The van der Waals surface area contributed by atoms with Crippen molar-refractivity contribution >= 4 is 17.5 Å². The van der Waals surface area contributed by atoms with Crippen molar-refractivity contribution in [3.05, 3.63) is 29.3 Å². The molecule has 1 aromatic carbocycles. The molecule has 5 nitrogen and oxygen atoms in total. The smallest absolute Gasteiger partial charge is 0.253 e. The Morgan fingerprint density at radius 2 is 2.14 bits per heavy atom. The molecule has 2 amide bonds. The number of likely N-dealkylation sites (tertiary alicyclic amines) is 1. The number of β-amino-alcohol motifs (C(OH)–C–C–N with tert-alkyl or cyclic N) is 1. The minimum absolute atomic E-state index is 0.0314. The molecule has 112 valence electrons. The number of hydrogen-bond donors (Lipinski definition) is 1. The number of aryl methyl sites for hydroxylation is 1. The summed E-state index contributed by atoms with van der Waals surface area (Å²) in [5.41, 5.74) is 2.58. The van der Waals surface area contributed by atoms with Crippen molar-refractivity contribution in [1.82, 2.24) is 4.90 Å². The molecule has 2 aliphatic rings. The molecular weight excluding hydrogens is 268 g/mol. The van der Waals surface area contributed by atoms with E-state index in [1.165, 1.54) is 0 Å². The summed E-state index contributed by atoms with van der Waals surface area (Å²) in [5, 5.41) is 9.69. The lowest BCUT2D eigenvalue weighted by Gasteiger charge is -2.31. The number of fused-ring (bicyclic) bond motifs is 1. The molecule has 0 saturated carbocycles. The molecule has 1 unspecified atom stereocenters. The average Bonchev–Trinajstić information content (AvgIpc) is 2.50. The molecule has 1 fully saturated rings. The Bertz CT molecular complexity index is 585. The van der Waals surface area contributed by atoms with Crippen molar-refractivity contribution in [3.63, 3.8) is 0 Å². The van der Waals surface area contributed by atoms with Crippen molar-refractivity contribution in [1.29, 1.82) is 0 Å². The van der Waals surface area contributed by atoms with E-state index in [0.29, 0.717) is 31.5 Å². The summed E-state index contributed by atoms with van der Waals surface area (Å²) in [6.07, 6.45) is 2.37. The third-order valence-electron chi connectivity index (χ3n) is 4.35. The number of benzene rings is 1. The first-order chi connectivity index (χ1) is 10.1. The van der Waals surface area contributed by atoms with Crippen LogP contribution in [0.3, 0.4) is 0 Å². The highest BCUT2D eigenvalue weighted by molar-refractivity contribution is 5.99. The van der Waals surface area contributed by atoms with Crippen LogP contribution < -0.4 is 4.90 Å². The number of anilines is 1. The van der Waals surface area contributed by atoms with Crippen molar-refractivity contribution < 1.29 is 14.7 Å². The Labute approximate surface area is 124 Å². The maximum Gasteiger partial charge on any atom is 0.253 e. The molecular formula is C16H20N2O3.